The van der Waals surface area contributed by atoms with Gasteiger partial charge in [0.25, 0.3) is 0 Å². The molecule has 0 amide bonds. The zero-order valence-electron chi connectivity index (χ0n) is 12.4. The molecule has 2 heteroatoms. The molecule has 0 spiro atoms. The van der Waals surface area contributed by atoms with Gasteiger partial charge in [-0.15, -0.1) is 0 Å². The molecule has 1 fully saturated rings. The Bertz CT molecular complexity index is 414. The van der Waals surface area contributed by atoms with Crippen LogP contribution in [0.25, 0.3) is 0 Å². The molecule has 0 radical (unpaired) electrons. The number of benzene rings is 1. The highest BCUT2D eigenvalue weighted by Gasteiger charge is 2.34. The van der Waals surface area contributed by atoms with Crippen molar-refractivity contribution >= 4 is 11.6 Å². The van der Waals surface area contributed by atoms with Gasteiger partial charge in [0, 0.05) is 22.5 Å². The van der Waals surface area contributed by atoms with Crippen molar-refractivity contribution in [3.63, 3.8) is 0 Å². The van der Waals surface area contributed by atoms with E-state index in [1.54, 1.807) is 0 Å². The van der Waals surface area contributed by atoms with E-state index in [1.807, 2.05) is 6.07 Å². The van der Waals surface area contributed by atoms with Gasteiger partial charge < -0.3 is 5.32 Å². The molecular formula is C17H26ClN. The van der Waals surface area contributed by atoms with Crippen LogP contribution < -0.4 is 5.32 Å². The van der Waals surface area contributed by atoms with Crippen LogP contribution in [-0.2, 0) is 5.41 Å². The van der Waals surface area contributed by atoms with E-state index in [1.165, 1.54) is 37.7 Å². The van der Waals surface area contributed by atoms with Crippen LogP contribution in [0.5, 0.6) is 0 Å². The Balaban J connectivity index is 2.24. The highest BCUT2D eigenvalue weighted by Crippen LogP contribution is 2.40. The van der Waals surface area contributed by atoms with Crippen LogP contribution in [0, 0.1) is 0 Å². The van der Waals surface area contributed by atoms with Crippen molar-refractivity contribution < 1.29 is 0 Å². The van der Waals surface area contributed by atoms with Crippen LogP contribution in [0.2, 0.25) is 5.02 Å². The maximum atomic E-state index is 6.20. The second-order valence-electron chi connectivity index (χ2n) is 6.95. The zero-order chi connectivity index (χ0) is 13.9. The topological polar surface area (TPSA) is 12.0 Å². The minimum atomic E-state index is 0.170. The highest BCUT2D eigenvalue weighted by atomic mass is 35.5. The third kappa shape index (κ3) is 3.97. The van der Waals surface area contributed by atoms with Gasteiger partial charge in [0.2, 0.25) is 0 Å². The van der Waals surface area contributed by atoms with Crippen LogP contribution in [0.3, 0.4) is 0 Å². The van der Waals surface area contributed by atoms with E-state index in [0.29, 0.717) is 0 Å². The molecule has 1 aliphatic rings. The standard InChI is InChI=1S/C17H26ClN/c1-16(2,3)19-13-17(10-5-4-6-11-17)14-8-7-9-15(18)12-14/h7-9,12,19H,4-6,10-11,13H2,1-3H3. The molecule has 0 aromatic heterocycles. The molecule has 1 saturated carbocycles. The number of hydrogen-bond donors (Lipinski definition) is 1. The maximum Gasteiger partial charge on any atom is 0.0408 e. The Morgan fingerprint density at radius 1 is 1.16 bits per heavy atom. The number of nitrogens with one attached hydrogen (secondary N) is 1. The summed E-state index contributed by atoms with van der Waals surface area (Å²) in [5, 5.41) is 4.57. The van der Waals surface area contributed by atoms with E-state index in [4.69, 9.17) is 11.6 Å². The molecule has 1 N–H and O–H groups in total. The van der Waals surface area contributed by atoms with Gasteiger partial charge in [-0.1, -0.05) is 43.0 Å². The molecule has 1 aliphatic carbocycles. The molecule has 0 unspecified atom stereocenters. The van der Waals surface area contributed by atoms with Crippen molar-refractivity contribution in [3.05, 3.63) is 34.9 Å². The summed E-state index contributed by atoms with van der Waals surface area (Å²) < 4.78 is 0. The summed E-state index contributed by atoms with van der Waals surface area (Å²) in [5.74, 6) is 0. The van der Waals surface area contributed by atoms with Crippen LogP contribution >= 0.6 is 11.6 Å². The van der Waals surface area contributed by atoms with Crippen LogP contribution in [0.15, 0.2) is 24.3 Å². The molecule has 0 heterocycles. The highest BCUT2D eigenvalue weighted by molar-refractivity contribution is 6.30. The lowest BCUT2D eigenvalue weighted by atomic mass is 9.69. The van der Waals surface area contributed by atoms with E-state index in [-0.39, 0.29) is 11.0 Å². The molecule has 0 aliphatic heterocycles. The quantitative estimate of drug-likeness (QED) is 0.827. The first kappa shape index (κ1) is 14.9. The fraction of sp³-hybridized carbons (Fsp3) is 0.647. The largest absolute Gasteiger partial charge is 0.311 e. The lowest BCUT2D eigenvalue weighted by molar-refractivity contribution is 0.254. The predicted octanol–water partition coefficient (Wildman–Crippen LogP) is 4.93. The fourth-order valence-electron chi connectivity index (χ4n) is 3.05. The second kappa shape index (κ2) is 5.85. The molecule has 1 aromatic rings. The van der Waals surface area contributed by atoms with E-state index in [9.17, 15) is 0 Å². The summed E-state index contributed by atoms with van der Waals surface area (Å²) in [4.78, 5) is 0. The third-order valence-corrected chi connectivity index (χ3v) is 4.44. The Kier molecular flexibility index (Phi) is 4.58. The van der Waals surface area contributed by atoms with Gasteiger partial charge in [0.05, 0.1) is 0 Å². The minimum absolute atomic E-state index is 0.170. The van der Waals surface area contributed by atoms with E-state index >= 15 is 0 Å². The normalized spacial score (nSPS) is 19.4. The molecule has 19 heavy (non-hydrogen) atoms. The van der Waals surface area contributed by atoms with Crippen molar-refractivity contribution in [2.24, 2.45) is 0 Å². The van der Waals surface area contributed by atoms with E-state index < -0.39 is 0 Å². The number of hydrogen-bond acceptors (Lipinski definition) is 1. The molecule has 1 aromatic carbocycles. The van der Waals surface area contributed by atoms with Crippen LogP contribution in [0.4, 0.5) is 0 Å². The predicted molar refractivity (Wildman–Crippen MR) is 84.0 cm³/mol. The van der Waals surface area contributed by atoms with E-state index in [2.05, 4.69) is 44.3 Å². The minimum Gasteiger partial charge on any atom is -0.311 e. The van der Waals surface area contributed by atoms with Gasteiger partial charge in [-0.3, -0.25) is 0 Å². The number of halogens is 1. The van der Waals surface area contributed by atoms with Gasteiger partial charge >= 0.3 is 0 Å². The first-order valence-electron chi connectivity index (χ1n) is 7.42. The molecule has 106 valence electrons. The van der Waals surface area contributed by atoms with Crippen LogP contribution in [-0.4, -0.2) is 12.1 Å². The Hall–Kier alpha value is -0.530. The summed E-state index contributed by atoms with van der Waals surface area (Å²) in [6.45, 7) is 7.77. The Morgan fingerprint density at radius 3 is 2.42 bits per heavy atom. The molecule has 2 rings (SSSR count). The monoisotopic (exact) mass is 279 g/mol. The summed E-state index contributed by atoms with van der Waals surface area (Å²) in [5.41, 5.74) is 1.86. The zero-order valence-corrected chi connectivity index (χ0v) is 13.2. The maximum absolute atomic E-state index is 6.20. The lowest BCUT2D eigenvalue weighted by Gasteiger charge is -2.40. The third-order valence-electron chi connectivity index (χ3n) is 4.20. The lowest BCUT2D eigenvalue weighted by Crippen LogP contribution is -2.47. The van der Waals surface area contributed by atoms with Crippen molar-refractivity contribution in [2.75, 3.05) is 6.54 Å². The molecular weight excluding hydrogens is 254 g/mol. The van der Waals surface area contributed by atoms with Crippen LogP contribution in [0.1, 0.15) is 58.4 Å². The van der Waals surface area contributed by atoms with Crippen molar-refractivity contribution in [1.29, 1.82) is 0 Å². The summed E-state index contributed by atoms with van der Waals surface area (Å²) >= 11 is 6.20. The molecule has 1 nitrogen and oxygen atoms in total. The first-order chi connectivity index (χ1) is 8.91. The Morgan fingerprint density at radius 2 is 1.84 bits per heavy atom. The summed E-state index contributed by atoms with van der Waals surface area (Å²) in [6, 6.07) is 8.47. The van der Waals surface area contributed by atoms with Crippen molar-refractivity contribution in [2.45, 2.75) is 63.8 Å². The van der Waals surface area contributed by atoms with Gasteiger partial charge in [-0.2, -0.15) is 0 Å². The first-order valence-corrected chi connectivity index (χ1v) is 7.80. The average Bonchev–Trinajstić information content (AvgIpc) is 2.37. The van der Waals surface area contributed by atoms with Gasteiger partial charge in [0.15, 0.2) is 0 Å². The SMILES string of the molecule is CC(C)(C)NCC1(c2cccc(Cl)c2)CCCCC1. The molecule has 0 saturated heterocycles. The summed E-state index contributed by atoms with van der Waals surface area (Å²) in [7, 11) is 0. The molecule has 0 bridgehead atoms. The Labute approximate surface area is 122 Å². The smallest absolute Gasteiger partial charge is 0.0408 e. The fourth-order valence-corrected chi connectivity index (χ4v) is 3.24. The molecule has 0 atom stereocenters. The van der Waals surface area contributed by atoms with Crippen molar-refractivity contribution in [3.8, 4) is 0 Å². The van der Waals surface area contributed by atoms with E-state index in [0.717, 1.165) is 11.6 Å². The number of rotatable bonds is 3. The van der Waals surface area contributed by atoms with Gasteiger partial charge in [-0.05, 0) is 51.3 Å². The summed E-state index contributed by atoms with van der Waals surface area (Å²) in [6.07, 6.45) is 6.58. The van der Waals surface area contributed by atoms with Gasteiger partial charge in [-0.25, -0.2) is 0 Å². The van der Waals surface area contributed by atoms with Gasteiger partial charge in [0.1, 0.15) is 0 Å². The second-order valence-corrected chi connectivity index (χ2v) is 7.39. The van der Waals surface area contributed by atoms with Crippen molar-refractivity contribution in [1.82, 2.24) is 5.32 Å². The average molecular weight is 280 g/mol.